The zero-order valence-corrected chi connectivity index (χ0v) is 20.2. The van der Waals surface area contributed by atoms with Crippen molar-refractivity contribution in [2.24, 2.45) is 0 Å². The number of phenols is 1. The molecule has 1 aliphatic carbocycles. The number of fused-ring (bicyclic) bond motifs is 2. The summed E-state index contributed by atoms with van der Waals surface area (Å²) < 4.78 is 0. The first-order chi connectivity index (χ1) is 17.5. The number of benzene rings is 3. The summed E-state index contributed by atoms with van der Waals surface area (Å²) in [6.45, 7) is -0.126. The van der Waals surface area contributed by atoms with Crippen LogP contribution < -0.4 is 5.32 Å². The Morgan fingerprint density at radius 1 is 1.06 bits per heavy atom. The van der Waals surface area contributed by atoms with E-state index in [0.29, 0.717) is 34.4 Å². The molecule has 0 saturated heterocycles. The molecule has 7 nitrogen and oxygen atoms in total. The number of carbonyl (C=O) groups is 1. The summed E-state index contributed by atoms with van der Waals surface area (Å²) >= 11 is 0. The molecule has 186 valence electrons. The Bertz CT molecular complexity index is 1350. The van der Waals surface area contributed by atoms with Crippen LogP contribution in [0.3, 0.4) is 0 Å². The highest BCUT2D eigenvalue weighted by molar-refractivity contribution is 6.04. The molecule has 5 rings (SSSR count). The van der Waals surface area contributed by atoms with Crippen molar-refractivity contribution in [1.82, 2.24) is 4.90 Å². The monoisotopic (exact) mass is 486 g/mol. The van der Waals surface area contributed by atoms with Gasteiger partial charge in [0.2, 0.25) is 5.91 Å². The third kappa shape index (κ3) is 4.10. The number of nitrogens with one attached hydrogen (secondary N) is 1. The Kier molecular flexibility index (Phi) is 6.64. The van der Waals surface area contributed by atoms with Gasteiger partial charge in [-0.05, 0) is 71.0 Å². The number of anilines is 1. The van der Waals surface area contributed by atoms with Gasteiger partial charge in [-0.3, -0.25) is 9.69 Å². The van der Waals surface area contributed by atoms with Gasteiger partial charge in [0.25, 0.3) is 0 Å². The first-order valence-corrected chi connectivity index (χ1v) is 12.1. The molecule has 1 atom stereocenters. The summed E-state index contributed by atoms with van der Waals surface area (Å²) in [5.74, 6) is -0.394. The molecule has 0 aromatic heterocycles. The molecule has 1 unspecified atom stereocenters. The van der Waals surface area contributed by atoms with Crippen molar-refractivity contribution in [3.63, 3.8) is 0 Å². The molecule has 3 aromatic rings. The molecule has 36 heavy (non-hydrogen) atoms. The standard InChI is InChI=1S/C29H30N2O5/c1-31-10-9-18-11-19(14-32)22(16-34)27-26(18)24(31)13-21-23(12-20(15-33)29(36)28(21)27)30-25(35)8-7-17-5-3-2-4-6-17/h2-8,11-12,24,32-34,36H,9-10,13-16H2,1H3,(H,30,35)/b8-7+. The quantitative estimate of drug-likeness (QED) is 0.270. The molecule has 1 aliphatic heterocycles. The van der Waals surface area contributed by atoms with Crippen LogP contribution in [0.4, 0.5) is 5.69 Å². The molecule has 0 saturated carbocycles. The number of amides is 1. The lowest BCUT2D eigenvalue weighted by Gasteiger charge is -2.42. The maximum atomic E-state index is 12.9. The summed E-state index contributed by atoms with van der Waals surface area (Å²) in [5.41, 5.74) is 6.93. The van der Waals surface area contributed by atoms with Crippen LogP contribution in [0.1, 0.15) is 45.0 Å². The minimum atomic E-state index is -0.415. The van der Waals surface area contributed by atoms with Gasteiger partial charge in [-0.15, -0.1) is 0 Å². The van der Waals surface area contributed by atoms with E-state index in [1.165, 1.54) is 6.08 Å². The van der Waals surface area contributed by atoms with E-state index in [9.17, 15) is 25.2 Å². The number of rotatable bonds is 6. The maximum absolute atomic E-state index is 12.9. The van der Waals surface area contributed by atoms with Gasteiger partial charge in [-0.2, -0.15) is 0 Å². The van der Waals surface area contributed by atoms with E-state index < -0.39 is 6.61 Å². The smallest absolute Gasteiger partial charge is 0.248 e. The van der Waals surface area contributed by atoms with Gasteiger partial charge in [0.15, 0.2) is 0 Å². The Hall–Kier alpha value is -3.49. The zero-order valence-electron chi connectivity index (χ0n) is 20.2. The first-order valence-electron chi connectivity index (χ1n) is 12.1. The average Bonchev–Trinajstić information content (AvgIpc) is 2.90. The molecule has 3 aromatic carbocycles. The van der Waals surface area contributed by atoms with E-state index in [-0.39, 0.29) is 36.5 Å². The highest BCUT2D eigenvalue weighted by Crippen LogP contribution is 2.53. The zero-order chi connectivity index (χ0) is 25.4. The fourth-order valence-corrected chi connectivity index (χ4v) is 5.57. The minimum Gasteiger partial charge on any atom is -0.507 e. The summed E-state index contributed by atoms with van der Waals surface area (Å²) in [7, 11) is 2.05. The summed E-state index contributed by atoms with van der Waals surface area (Å²) in [5, 5.41) is 44.6. The number of aliphatic hydroxyl groups excluding tert-OH is 3. The van der Waals surface area contributed by atoms with E-state index in [0.717, 1.165) is 35.2 Å². The predicted octanol–water partition coefficient (Wildman–Crippen LogP) is 3.27. The van der Waals surface area contributed by atoms with Crippen LogP contribution in [0.25, 0.3) is 17.2 Å². The van der Waals surface area contributed by atoms with Crippen molar-refractivity contribution >= 4 is 17.7 Å². The largest absolute Gasteiger partial charge is 0.507 e. The van der Waals surface area contributed by atoms with Gasteiger partial charge in [0.1, 0.15) is 5.75 Å². The van der Waals surface area contributed by atoms with E-state index in [2.05, 4.69) is 10.2 Å². The summed E-state index contributed by atoms with van der Waals surface area (Å²) in [6, 6.07) is 13.1. The first kappa shape index (κ1) is 24.2. The van der Waals surface area contributed by atoms with Gasteiger partial charge in [0.05, 0.1) is 19.8 Å². The second-order valence-corrected chi connectivity index (χ2v) is 9.41. The molecule has 0 radical (unpaired) electrons. The molecule has 2 aliphatic rings. The van der Waals surface area contributed by atoms with Gasteiger partial charge in [0, 0.05) is 35.5 Å². The fourth-order valence-electron chi connectivity index (χ4n) is 5.57. The van der Waals surface area contributed by atoms with Crippen LogP contribution in [0, 0.1) is 0 Å². The molecule has 0 spiro atoms. The van der Waals surface area contributed by atoms with Gasteiger partial charge >= 0.3 is 0 Å². The summed E-state index contributed by atoms with van der Waals surface area (Å²) in [6.07, 6.45) is 4.52. The third-order valence-electron chi connectivity index (χ3n) is 7.37. The number of likely N-dealkylation sites (N-methyl/N-ethyl adjacent to an activating group) is 1. The molecular weight excluding hydrogens is 456 g/mol. The van der Waals surface area contributed by atoms with Gasteiger partial charge in [-0.25, -0.2) is 0 Å². The second kappa shape index (κ2) is 9.87. The average molecular weight is 487 g/mol. The second-order valence-electron chi connectivity index (χ2n) is 9.41. The maximum Gasteiger partial charge on any atom is 0.248 e. The van der Waals surface area contributed by atoms with Crippen molar-refractivity contribution in [3.8, 4) is 16.9 Å². The van der Waals surface area contributed by atoms with Crippen molar-refractivity contribution in [2.45, 2.75) is 38.7 Å². The molecule has 7 heteroatoms. The number of aliphatic hydroxyl groups is 3. The number of aromatic hydroxyl groups is 1. The normalized spacial score (nSPS) is 16.6. The molecule has 0 fully saturated rings. The van der Waals surface area contributed by atoms with Crippen LogP contribution in [0.15, 0.2) is 48.5 Å². The Balaban J connectivity index is 1.68. The van der Waals surface area contributed by atoms with E-state index in [1.807, 2.05) is 43.4 Å². The van der Waals surface area contributed by atoms with Crippen molar-refractivity contribution < 1.29 is 25.2 Å². The topological polar surface area (TPSA) is 113 Å². The molecule has 1 heterocycles. The van der Waals surface area contributed by atoms with Gasteiger partial charge < -0.3 is 25.7 Å². The SMILES string of the molecule is CN1CCc2cc(CO)c(CO)c3c2C1Cc1c(NC(=O)/C=C/c2ccccc2)cc(CO)c(O)c1-3. The number of nitrogens with zero attached hydrogens (tertiary/aromatic N) is 1. The Morgan fingerprint density at radius 3 is 2.50 bits per heavy atom. The van der Waals surface area contributed by atoms with E-state index in [4.69, 9.17) is 0 Å². The number of hydrogen-bond donors (Lipinski definition) is 5. The van der Waals surface area contributed by atoms with E-state index >= 15 is 0 Å². The van der Waals surface area contributed by atoms with Crippen molar-refractivity contribution in [3.05, 3.63) is 87.5 Å². The highest BCUT2D eigenvalue weighted by atomic mass is 16.3. The molecule has 0 bridgehead atoms. The fraction of sp³-hybridized carbons (Fsp3) is 0.276. The molecule has 1 amide bonds. The van der Waals surface area contributed by atoms with Crippen molar-refractivity contribution in [2.75, 3.05) is 18.9 Å². The Morgan fingerprint density at radius 2 is 1.81 bits per heavy atom. The van der Waals surface area contributed by atoms with Gasteiger partial charge in [-0.1, -0.05) is 36.4 Å². The van der Waals surface area contributed by atoms with Crippen LogP contribution in [0.2, 0.25) is 0 Å². The Labute approximate surface area is 210 Å². The lowest BCUT2D eigenvalue weighted by atomic mass is 9.73. The van der Waals surface area contributed by atoms with Crippen LogP contribution in [0.5, 0.6) is 5.75 Å². The molecule has 5 N–H and O–H groups in total. The third-order valence-corrected chi connectivity index (χ3v) is 7.37. The predicted molar refractivity (Wildman–Crippen MR) is 138 cm³/mol. The number of hydrogen-bond acceptors (Lipinski definition) is 6. The summed E-state index contributed by atoms with van der Waals surface area (Å²) in [4.78, 5) is 15.1. The molecular formula is C29H30N2O5. The van der Waals surface area contributed by atoms with Crippen LogP contribution in [-0.2, 0) is 37.5 Å². The lowest BCUT2D eigenvalue weighted by Crippen LogP contribution is -2.36. The van der Waals surface area contributed by atoms with Crippen LogP contribution >= 0.6 is 0 Å². The van der Waals surface area contributed by atoms with E-state index in [1.54, 1.807) is 12.1 Å². The lowest BCUT2D eigenvalue weighted by molar-refractivity contribution is -0.111. The van der Waals surface area contributed by atoms with Crippen molar-refractivity contribution in [1.29, 1.82) is 0 Å². The van der Waals surface area contributed by atoms with Crippen LogP contribution in [-0.4, -0.2) is 44.8 Å². The number of carbonyl (C=O) groups excluding carboxylic acids is 1. The highest BCUT2D eigenvalue weighted by Gasteiger charge is 2.38. The minimum absolute atomic E-state index is 0.0100.